The zero-order valence-electron chi connectivity index (χ0n) is 21.0. The Hall–Kier alpha value is -3.19. The Bertz CT molecular complexity index is 1170. The molecule has 2 amide bonds. The highest BCUT2D eigenvalue weighted by atomic mass is 19.4. The fourth-order valence-corrected chi connectivity index (χ4v) is 4.97. The third-order valence-corrected chi connectivity index (χ3v) is 7.22. The second-order valence-electron chi connectivity index (χ2n) is 10.2. The van der Waals surface area contributed by atoms with E-state index in [1.54, 1.807) is 6.20 Å². The van der Waals surface area contributed by atoms with Gasteiger partial charge in [-0.05, 0) is 62.4 Å². The molecule has 2 aliphatic rings. The lowest BCUT2D eigenvalue weighted by molar-refractivity contribution is -0.143. The van der Waals surface area contributed by atoms with Crippen molar-refractivity contribution in [1.82, 2.24) is 20.5 Å². The van der Waals surface area contributed by atoms with Crippen molar-refractivity contribution < 1.29 is 41.0 Å². The maximum atomic E-state index is 13.0. The fourth-order valence-electron chi connectivity index (χ4n) is 4.97. The number of aromatic nitrogens is 1. The van der Waals surface area contributed by atoms with Crippen LogP contribution in [0.5, 0.6) is 0 Å². The van der Waals surface area contributed by atoms with Gasteiger partial charge in [-0.15, -0.1) is 0 Å². The van der Waals surface area contributed by atoms with E-state index in [0.717, 1.165) is 18.4 Å². The van der Waals surface area contributed by atoms with Gasteiger partial charge in [0, 0.05) is 30.9 Å². The van der Waals surface area contributed by atoms with E-state index in [0.29, 0.717) is 43.8 Å². The second kappa shape index (κ2) is 10.8. The lowest BCUT2D eigenvalue weighted by Gasteiger charge is -2.48. The predicted octanol–water partition coefficient (Wildman–Crippen LogP) is 3.79. The Morgan fingerprint density at radius 1 is 1.03 bits per heavy atom. The number of hydrogen-bond donors (Lipinski definition) is 3. The maximum absolute atomic E-state index is 13.0. The molecule has 39 heavy (non-hydrogen) atoms. The van der Waals surface area contributed by atoms with Crippen molar-refractivity contribution in [2.24, 2.45) is 0 Å². The van der Waals surface area contributed by atoms with Crippen LogP contribution in [0.15, 0.2) is 36.5 Å². The van der Waals surface area contributed by atoms with Gasteiger partial charge < -0.3 is 15.7 Å². The van der Waals surface area contributed by atoms with Crippen molar-refractivity contribution >= 4 is 11.8 Å². The highest BCUT2D eigenvalue weighted by Gasteiger charge is 2.41. The molecule has 1 saturated heterocycles. The molecule has 0 radical (unpaired) electrons. The van der Waals surface area contributed by atoms with Crippen LogP contribution in [-0.4, -0.2) is 58.5 Å². The van der Waals surface area contributed by atoms with Gasteiger partial charge in [-0.3, -0.25) is 19.5 Å². The average Bonchev–Trinajstić information content (AvgIpc) is 2.84. The van der Waals surface area contributed by atoms with E-state index in [4.69, 9.17) is 0 Å². The Balaban J connectivity index is 1.23. The summed E-state index contributed by atoms with van der Waals surface area (Å²) in [5.74, 6) is -1.84. The molecule has 4 rings (SSSR count). The molecule has 0 unspecified atom stereocenters. The molecular weight excluding hydrogens is 530 g/mol. The molecule has 3 N–H and O–H groups in total. The summed E-state index contributed by atoms with van der Waals surface area (Å²) in [6, 6.07) is 4.33. The first kappa shape index (κ1) is 28.8. The molecule has 1 aromatic carbocycles. The van der Waals surface area contributed by atoms with E-state index < -0.39 is 53.0 Å². The van der Waals surface area contributed by atoms with E-state index in [9.17, 15) is 41.0 Å². The molecule has 0 atom stereocenters. The van der Waals surface area contributed by atoms with E-state index >= 15 is 0 Å². The monoisotopic (exact) mass is 558 g/mol. The zero-order chi connectivity index (χ0) is 28.6. The maximum Gasteiger partial charge on any atom is 0.416 e. The van der Waals surface area contributed by atoms with Crippen molar-refractivity contribution in [2.75, 3.05) is 19.6 Å². The van der Waals surface area contributed by atoms with Crippen LogP contribution in [0, 0.1) is 6.92 Å². The summed E-state index contributed by atoms with van der Waals surface area (Å²) in [5, 5.41) is 15.8. The Labute approximate surface area is 220 Å². The van der Waals surface area contributed by atoms with Crippen LogP contribution in [0.25, 0.3) is 0 Å². The number of aryl methyl sites for hydroxylation is 1. The zero-order valence-corrected chi connectivity index (χ0v) is 21.0. The number of likely N-dealkylation sites (tertiary alicyclic amines) is 1. The molecule has 1 aliphatic heterocycles. The van der Waals surface area contributed by atoms with Gasteiger partial charge in [0.25, 0.3) is 5.91 Å². The smallest absolute Gasteiger partial charge is 0.384 e. The number of alkyl halides is 6. The number of pyridine rings is 1. The number of carbonyl (C=O) groups excluding carboxylic acids is 2. The van der Waals surface area contributed by atoms with Gasteiger partial charge in [-0.2, -0.15) is 26.3 Å². The van der Waals surface area contributed by atoms with Crippen molar-refractivity contribution in [3.05, 3.63) is 64.5 Å². The minimum atomic E-state index is -5.08. The number of carbonyl (C=O) groups is 2. The highest BCUT2D eigenvalue weighted by molar-refractivity contribution is 5.96. The quantitative estimate of drug-likeness (QED) is 0.470. The fraction of sp³-hybridized carbons (Fsp3) is 0.500. The third-order valence-electron chi connectivity index (χ3n) is 7.22. The Morgan fingerprint density at radius 2 is 1.62 bits per heavy atom. The number of amides is 2. The lowest BCUT2D eigenvalue weighted by atomic mass is 9.78. The number of nitrogens with one attached hydrogen (secondary N) is 2. The number of nitrogens with zero attached hydrogens (tertiary/aromatic N) is 2. The number of halogens is 6. The molecule has 212 valence electrons. The molecule has 2 fully saturated rings. The van der Waals surface area contributed by atoms with Crippen LogP contribution in [0.1, 0.15) is 58.4 Å². The van der Waals surface area contributed by atoms with E-state index in [2.05, 4.69) is 20.5 Å². The molecule has 0 spiro atoms. The highest BCUT2D eigenvalue weighted by Crippen LogP contribution is 2.39. The molecule has 13 heteroatoms. The molecule has 1 aromatic heterocycles. The van der Waals surface area contributed by atoms with Gasteiger partial charge in [0.05, 0.1) is 29.4 Å². The van der Waals surface area contributed by atoms with Gasteiger partial charge in [0.15, 0.2) is 0 Å². The van der Waals surface area contributed by atoms with Gasteiger partial charge >= 0.3 is 12.4 Å². The predicted molar refractivity (Wildman–Crippen MR) is 127 cm³/mol. The molecule has 7 nitrogen and oxygen atoms in total. The number of hydrogen-bond acceptors (Lipinski definition) is 5. The minimum absolute atomic E-state index is 0.0714. The topological polar surface area (TPSA) is 94.6 Å². The van der Waals surface area contributed by atoms with E-state index in [-0.39, 0.29) is 18.2 Å². The lowest BCUT2D eigenvalue weighted by Crippen LogP contribution is -2.63. The first-order chi connectivity index (χ1) is 18.1. The Kier molecular flexibility index (Phi) is 7.95. The van der Waals surface area contributed by atoms with Crippen LogP contribution >= 0.6 is 0 Å². The first-order valence-corrected chi connectivity index (χ1v) is 12.4. The largest absolute Gasteiger partial charge is 0.416 e. The minimum Gasteiger partial charge on any atom is -0.384 e. The summed E-state index contributed by atoms with van der Waals surface area (Å²) in [5.41, 5.74) is -3.38. The molecule has 2 aromatic rings. The van der Waals surface area contributed by atoms with Gasteiger partial charge in [0.2, 0.25) is 5.91 Å². The van der Waals surface area contributed by atoms with Crippen molar-refractivity contribution in [2.45, 2.75) is 62.6 Å². The van der Waals surface area contributed by atoms with Crippen molar-refractivity contribution in [1.29, 1.82) is 0 Å². The summed E-state index contributed by atoms with van der Waals surface area (Å²) < 4.78 is 78.1. The number of rotatable bonds is 6. The SMILES string of the molecule is Cc1ccc(C2(O)CCC(N3CC(NC(=O)CNC(=O)c4cc(C(F)(F)F)cc(C(F)(F)F)c4)C3)CC2)nc1. The summed E-state index contributed by atoms with van der Waals surface area (Å²) in [7, 11) is 0. The van der Waals surface area contributed by atoms with Gasteiger partial charge in [0.1, 0.15) is 5.60 Å². The van der Waals surface area contributed by atoms with Crippen molar-refractivity contribution in [3.8, 4) is 0 Å². The number of aliphatic hydroxyl groups is 1. The third kappa shape index (κ3) is 6.88. The first-order valence-electron chi connectivity index (χ1n) is 12.4. The van der Waals surface area contributed by atoms with Crippen LogP contribution in [-0.2, 0) is 22.7 Å². The normalized spacial score (nSPS) is 22.7. The summed E-state index contributed by atoms with van der Waals surface area (Å²) >= 11 is 0. The molecule has 1 aliphatic carbocycles. The summed E-state index contributed by atoms with van der Waals surface area (Å²) in [4.78, 5) is 31.0. The van der Waals surface area contributed by atoms with Crippen molar-refractivity contribution in [3.63, 3.8) is 0 Å². The van der Waals surface area contributed by atoms with E-state index in [1.807, 2.05) is 19.1 Å². The van der Waals surface area contributed by atoms with Crippen LogP contribution in [0.2, 0.25) is 0 Å². The molecule has 1 saturated carbocycles. The Morgan fingerprint density at radius 3 is 2.13 bits per heavy atom. The van der Waals surface area contributed by atoms with Gasteiger partial charge in [-0.25, -0.2) is 0 Å². The molecular formula is C26H28F6N4O3. The summed E-state index contributed by atoms with van der Waals surface area (Å²) in [6.07, 6.45) is -5.84. The van der Waals surface area contributed by atoms with Crippen LogP contribution in [0.4, 0.5) is 26.3 Å². The average molecular weight is 559 g/mol. The second-order valence-corrected chi connectivity index (χ2v) is 10.2. The van der Waals surface area contributed by atoms with E-state index in [1.165, 1.54) is 0 Å². The number of benzene rings is 1. The summed E-state index contributed by atoms with van der Waals surface area (Å²) in [6.45, 7) is 2.42. The van der Waals surface area contributed by atoms with Gasteiger partial charge in [-0.1, -0.05) is 6.07 Å². The molecule has 0 bridgehead atoms. The van der Waals surface area contributed by atoms with Crippen LogP contribution in [0.3, 0.4) is 0 Å². The van der Waals surface area contributed by atoms with Crippen LogP contribution < -0.4 is 10.6 Å². The standard InChI is InChI=1S/C26H28F6N4O3/c1-15-2-3-21(33-11-15)24(39)6-4-20(5-7-24)36-13-19(14-36)35-22(37)12-34-23(38)16-8-17(25(27,28)29)10-18(9-16)26(30,31)32/h2-3,8-11,19-20,39H,4-7,12-14H2,1H3,(H,34,38)(H,35,37). The molecule has 2 heterocycles.